The summed E-state index contributed by atoms with van der Waals surface area (Å²) in [4.78, 5) is 27.7. The molecule has 21 heavy (non-hydrogen) atoms. The lowest BCUT2D eigenvalue weighted by Gasteiger charge is -2.38. The summed E-state index contributed by atoms with van der Waals surface area (Å²) in [5.41, 5.74) is 0. The van der Waals surface area contributed by atoms with Gasteiger partial charge in [0.2, 0.25) is 0 Å². The molecule has 0 aromatic heterocycles. The Hall–Kier alpha value is -1.26. The summed E-state index contributed by atoms with van der Waals surface area (Å²) in [6, 6.07) is 0.616. The first-order valence-electron chi connectivity index (χ1n) is 8.42. The van der Waals surface area contributed by atoms with Gasteiger partial charge in [-0.1, -0.05) is 12.8 Å². The first-order valence-corrected chi connectivity index (χ1v) is 8.42. The van der Waals surface area contributed by atoms with Crippen molar-refractivity contribution in [3.05, 3.63) is 0 Å². The van der Waals surface area contributed by atoms with Gasteiger partial charge in [0.15, 0.2) is 0 Å². The molecule has 5 nitrogen and oxygen atoms in total. The molecule has 1 aliphatic carbocycles. The molecule has 118 valence electrons. The maximum atomic E-state index is 12.8. The van der Waals surface area contributed by atoms with Crippen LogP contribution in [-0.2, 0) is 4.79 Å². The van der Waals surface area contributed by atoms with E-state index in [1.54, 1.807) is 0 Å². The average molecular weight is 294 g/mol. The van der Waals surface area contributed by atoms with Crippen molar-refractivity contribution in [3.8, 4) is 0 Å². The van der Waals surface area contributed by atoms with Gasteiger partial charge in [-0.05, 0) is 43.9 Å². The SMILES string of the molecule is O=C(O)CC1CCCN(C(=O)N2CCC3CCCCC32)C1. The molecule has 0 aromatic carbocycles. The molecular weight excluding hydrogens is 268 g/mol. The summed E-state index contributed by atoms with van der Waals surface area (Å²) in [7, 11) is 0. The molecule has 2 heterocycles. The number of carboxylic acids is 1. The molecule has 3 atom stereocenters. The van der Waals surface area contributed by atoms with E-state index in [9.17, 15) is 9.59 Å². The van der Waals surface area contributed by atoms with Crippen molar-refractivity contribution in [1.82, 2.24) is 9.80 Å². The number of carbonyl (C=O) groups is 2. The molecule has 2 aliphatic heterocycles. The summed E-state index contributed by atoms with van der Waals surface area (Å²) in [5.74, 6) is 0.0927. The van der Waals surface area contributed by atoms with E-state index in [0.29, 0.717) is 18.5 Å². The minimum atomic E-state index is -0.747. The minimum absolute atomic E-state index is 0.130. The van der Waals surface area contributed by atoms with Gasteiger partial charge in [0.05, 0.1) is 0 Å². The number of likely N-dealkylation sites (tertiary alicyclic amines) is 2. The molecule has 1 saturated carbocycles. The number of aliphatic carboxylic acids is 1. The third kappa shape index (κ3) is 3.16. The minimum Gasteiger partial charge on any atom is -0.481 e. The lowest BCUT2D eigenvalue weighted by atomic mass is 9.85. The van der Waals surface area contributed by atoms with Crippen molar-refractivity contribution in [2.45, 2.75) is 57.4 Å². The highest BCUT2D eigenvalue weighted by Gasteiger charge is 2.40. The zero-order valence-electron chi connectivity index (χ0n) is 12.7. The largest absolute Gasteiger partial charge is 0.481 e. The predicted octanol–water partition coefficient (Wildman–Crippen LogP) is 2.56. The first-order chi connectivity index (χ1) is 10.1. The number of rotatable bonds is 2. The highest BCUT2D eigenvalue weighted by Crippen LogP contribution is 2.37. The van der Waals surface area contributed by atoms with Crippen LogP contribution in [0, 0.1) is 11.8 Å². The van der Waals surface area contributed by atoms with Gasteiger partial charge in [-0.15, -0.1) is 0 Å². The second-order valence-corrected chi connectivity index (χ2v) is 6.93. The molecule has 5 heteroatoms. The van der Waals surface area contributed by atoms with Gasteiger partial charge in [0.25, 0.3) is 0 Å². The van der Waals surface area contributed by atoms with Crippen molar-refractivity contribution in [1.29, 1.82) is 0 Å². The summed E-state index contributed by atoms with van der Waals surface area (Å²) >= 11 is 0. The molecule has 0 radical (unpaired) electrons. The van der Waals surface area contributed by atoms with Crippen LogP contribution in [0.5, 0.6) is 0 Å². The molecule has 3 fully saturated rings. The number of hydrogen-bond acceptors (Lipinski definition) is 2. The summed E-state index contributed by atoms with van der Waals surface area (Å²) in [5, 5.41) is 8.94. The zero-order valence-corrected chi connectivity index (χ0v) is 12.7. The molecule has 1 N–H and O–H groups in total. The second kappa shape index (κ2) is 6.24. The number of amides is 2. The highest BCUT2D eigenvalue weighted by molar-refractivity contribution is 5.75. The van der Waals surface area contributed by atoms with Crippen LogP contribution in [0.15, 0.2) is 0 Å². The molecule has 3 unspecified atom stereocenters. The zero-order chi connectivity index (χ0) is 14.8. The van der Waals surface area contributed by atoms with Crippen LogP contribution in [0.1, 0.15) is 51.4 Å². The first kappa shape index (κ1) is 14.7. The Kier molecular flexibility index (Phi) is 4.36. The summed E-state index contributed by atoms with van der Waals surface area (Å²) in [6.45, 7) is 2.32. The van der Waals surface area contributed by atoms with E-state index >= 15 is 0 Å². The van der Waals surface area contributed by atoms with Crippen LogP contribution in [0.2, 0.25) is 0 Å². The van der Waals surface area contributed by atoms with Crippen molar-refractivity contribution in [3.63, 3.8) is 0 Å². The number of carbonyl (C=O) groups excluding carboxylic acids is 1. The summed E-state index contributed by atoms with van der Waals surface area (Å²) in [6.07, 6.45) is 8.20. The van der Waals surface area contributed by atoms with Gasteiger partial charge in [0.1, 0.15) is 0 Å². The van der Waals surface area contributed by atoms with Crippen molar-refractivity contribution < 1.29 is 14.7 Å². The predicted molar refractivity (Wildman–Crippen MR) is 79.0 cm³/mol. The Balaban J connectivity index is 1.60. The number of nitrogens with zero attached hydrogens (tertiary/aromatic N) is 2. The molecule has 2 saturated heterocycles. The van der Waals surface area contributed by atoms with Gasteiger partial charge >= 0.3 is 12.0 Å². The molecular formula is C16H26N2O3. The average Bonchev–Trinajstić information content (AvgIpc) is 2.90. The summed E-state index contributed by atoms with van der Waals surface area (Å²) < 4.78 is 0. The van der Waals surface area contributed by atoms with Crippen molar-refractivity contribution in [2.24, 2.45) is 11.8 Å². The molecule has 2 amide bonds. The molecule has 3 aliphatic rings. The standard InChI is InChI=1S/C16H26N2O3/c19-15(20)10-12-4-3-8-17(11-12)16(21)18-9-7-13-5-1-2-6-14(13)18/h12-14H,1-11H2,(H,19,20). The van der Waals surface area contributed by atoms with Crippen LogP contribution >= 0.6 is 0 Å². The molecule has 0 aromatic rings. The number of hydrogen-bond donors (Lipinski definition) is 1. The van der Waals surface area contributed by atoms with E-state index in [2.05, 4.69) is 4.90 Å². The maximum absolute atomic E-state index is 12.8. The van der Waals surface area contributed by atoms with Crippen LogP contribution in [0.25, 0.3) is 0 Å². The smallest absolute Gasteiger partial charge is 0.320 e. The fourth-order valence-electron chi connectivity index (χ4n) is 4.48. The maximum Gasteiger partial charge on any atom is 0.320 e. The molecule has 0 bridgehead atoms. The second-order valence-electron chi connectivity index (χ2n) is 6.93. The Bertz CT molecular complexity index is 412. The Morgan fingerprint density at radius 3 is 2.62 bits per heavy atom. The van der Waals surface area contributed by atoms with Crippen LogP contribution in [0.4, 0.5) is 4.79 Å². The normalized spacial score (nSPS) is 32.9. The van der Waals surface area contributed by atoms with Gasteiger partial charge in [0, 0.05) is 32.1 Å². The van der Waals surface area contributed by atoms with Crippen LogP contribution in [-0.4, -0.2) is 52.6 Å². The number of urea groups is 1. The fourth-order valence-corrected chi connectivity index (χ4v) is 4.48. The monoisotopic (exact) mass is 294 g/mol. The van der Waals surface area contributed by atoms with E-state index in [0.717, 1.165) is 38.8 Å². The Labute approximate surface area is 126 Å². The quantitative estimate of drug-likeness (QED) is 0.851. The topological polar surface area (TPSA) is 60.9 Å². The van der Waals surface area contributed by atoms with Crippen molar-refractivity contribution >= 4 is 12.0 Å². The third-order valence-electron chi connectivity index (χ3n) is 5.51. The third-order valence-corrected chi connectivity index (χ3v) is 5.51. The van der Waals surface area contributed by atoms with Gasteiger partial charge in [-0.3, -0.25) is 4.79 Å². The van der Waals surface area contributed by atoms with Crippen molar-refractivity contribution in [2.75, 3.05) is 19.6 Å². The van der Waals surface area contributed by atoms with E-state index in [-0.39, 0.29) is 18.4 Å². The van der Waals surface area contributed by atoms with E-state index in [1.807, 2.05) is 4.90 Å². The van der Waals surface area contributed by atoms with Gasteiger partial charge < -0.3 is 14.9 Å². The van der Waals surface area contributed by atoms with Gasteiger partial charge in [-0.2, -0.15) is 0 Å². The Morgan fingerprint density at radius 1 is 1.00 bits per heavy atom. The van der Waals surface area contributed by atoms with E-state index in [4.69, 9.17) is 5.11 Å². The lowest BCUT2D eigenvalue weighted by molar-refractivity contribution is -0.138. The highest BCUT2D eigenvalue weighted by atomic mass is 16.4. The number of carboxylic acid groups (broad SMARTS) is 1. The van der Waals surface area contributed by atoms with Crippen LogP contribution < -0.4 is 0 Å². The fraction of sp³-hybridized carbons (Fsp3) is 0.875. The molecule has 3 rings (SSSR count). The number of fused-ring (bicyclic) bond motifs is 1. The van der Waals surface area contributed by atoms with E-state index < -0.39 is 5.97 Å². The Morgan fingerprint density at radius 2 is 1.81 bits per heavy atom. The molecule has 0 spiro atoms. The van der Waals surface area contributed by atoms with E-state index in [1.165, 1.54) is 19.3 Å². The lowest BCUT2D eigenvalue weighted by Crippen LogP contribution is -2.50. The van der Waals surface area contributed by atoms with Gasteiger partial charge in [-0.25, -0.2) is 4.79 Å². The van der Waals surface area contributed by atoms with Crippen LogP contribution in [0.3, 0.4) is 0 Å². The number of piperidine rings is 1.